The quantitative estimate of drug-likeness (QED) is 0.0386. The molecule has 4 aromatic carbocycles. The SMILES string of the molecule is CC(C)c1cc(Cl)cc(C(C)C)c1OP(=O)([O-])[O-].CC(C)c1cc(Cl)cc(C(C)C)c1OP(=O)([O-])[O-].CC(C)c1cc(Cl)cc(C(C)C)c1OP(=O)([O-])[O-].CC(C)c1cc(Cl)cc(C(C)C)c1OP(=O)([O-])[O-].CO.CO.[Zn+2].[Zn+2].[Zn+2].[Zn+2].c1c[nH]cn1.c1c[nH]cn1.c1c[nH]cn1.c1c[nH]cn1. The van der Waals surface area contributed by atoms with Crippen molar-refractivity contribution in [3.8, 4) is 23.0 Å². The van der Waals surface area contributed by atoms with E-state index in [2.05, 4.69) is 58.0 Å². The van der Waals surface area contributed by atoms with Gasteiger partial charge in [0.1, 0.15) is 54.3 Å². The van der Waals surface area contributed by atoms with Gasteiger partial charge in [-0.05, 0) is 140 Å². The number of hydrogen-bond donors (Lipinski definition) is 6. The van der Waals surface area contributed by atoms with E-state index in [9.17, 15) is 57.4 Å². The third-order valence-corrected chi connectivity index (χ3v) is 14.4. The zero-order valence-electron chi connectivity index (χ0n) is 59.5. The normalized spacial score (nSPS) is 10.6. The van der Waals surface area contributed by atoms with E-state index in [1.54, 1.807) is 123 Å². The van der Waals surface area contributed by atoms with E-state index in [4.69, 9.17) is 56.6 Å². The molecule has 0 amide bonds. The summed E-state index contributed by atoms with van der Waals surface area (Å²) < 4.78 is 61.9. The number of aliphatic hydroxyl groups is 2. The Kier molecular flexibility index (Phi) is 60.0. The summed E-state index contributed by atoms with van der Waals surface area (Å²) in [6.07, 6.45) is 20.3. The van der Waals surface area contributed by atoms with Gasteiger partial charge in [0.25, 0.3) is 0 Å². The fraction of sp³-hybridized carbons (Fsp3) is 0.419. The van der Waals surface area contributed by atoms with Gasteiger partial charge in [-0.15, -0.1) is 0 Å². The van der Waals surface area contributed by atoms with Crippen molar-refractivity contribution in [2.45, 2.75) is 158 Å². The maximum Gasteiger partial charge on any atom is 2.00 e. The van der Waals surface area contributed by atoms with E-state index in [-0.39, 0.29) is 148 Å². The number of phosphoric acid groups is 4. The Morgan fingerprint density at radius 1 is 0.300 bits per heavy atom. The average Bonchev–Trinajstić information content (AvgIpc) is 1.21. The molecule has 0 fully saturated rings. The number of aromatic nitrogens is 8. The predicted octanol–water partition coefficient (Wildman–Crippen LogP) is 12.0. The number of imidazole rings is 4. The van der Waals surface area contributed by atoms with Crippen molar-refractivity contribution in [3.05, 3.63) is 188 Å². The second-order valence-electron chi connectivity index (χ2n) is 22.1. The Bertz CT molecular complexity index is 2920. The van der Waals surface area contributed by atoms with Gasteiger partial charge in [-0.2, -0.15) is 0 Å². The smallest absolute Gasteiger partial charge is 0.780 e. The molecule has 8 rings (SSSR count). The standard InChI is InChI=1S/4C12H18ClO4P.4C3H4N2.2CH4O.4Zn/c4*1-7(2)10-5-9(13)6-11(8(3)4)12(10)17-18(14,15)16;4*1-2-5-3-4-1;2*1-2;;;;/h4*5-8H,1-4H3,(H2,14,15,16);4*1-3H,(H,4,5);2*2H,1H3;;;;/q;;;;;;;;;;4*+2/p-8. The van der Waals surface area contributed by atoms with Gasteiger partial charge in [-0.3, -0.25) is 0 Å². The van der Waals surface area contributed by atoms with Gasteiger partial charge < -0.3 is 106 Å². The molecule has 0 bridgehead atoms. The monoisotopic (exact) mass is 1750 g/mol. The van der Waals surface area contributed by atoms with E-state index in [1.165, 1.54) is 0 Å². The number of aromatic amines is 4. The second kappa shape index (κ2) is 55.5. The molecule has 0 unspecified atom stereocenters. The van der Waals surface area contributed by atoms with E-state index in [0.29, 0.717) is 64.6 Å². The molecule has 38 heteroatoms. The third kappa shape index (κ3) is 47.5. The topological polar surface area (TPSA) is 445 Å². The van der Waals surface area contributed by atoms with E-state index in [1.807, 2.05) is 111 Å². The summed E-state index contributed by atoms with van der Waals surface area (Å²) in [5.74, 6) is 0.512. The molecule has 0 saturated heterocycles. The molecule has 0 aliphatic heterocycles. The average molecular weight is 1760 g/mol. The third-order valence-electron chi connectivity index (χ3n) is 11.9. The Morgan fingerprint density at radius 2 is 0.420 bits per heavy atom. The number of halogens is 4. The molecule has 0 aliphatic carbocycles. The van der Waals surface area contributed by atoms with Crippen LogP contribution in [0, 0.1) is 0 Å². The molecule has 0 atom stereocenters. The van der Waals surface area contributed by atoms with Crippen LogP contribution in [0.5, 0.6) is 23.0 Å². The van der Waals surface area contributed by atoms with Crippen molar-refractivity contribution in [1.82, 2.24) is 39.9 Å². The summed E-state index contributed by atoms with van der Waals surface area (Å²) in [6.45, 7) is 30.1. The molecule has 0 saturated carbocycles. The summed E-state index contributed by atoms with van der Waals surface area (Å²) in [6, 6.07) is 13.0. The summed E-state index contributed by atoms with van der Waals surface area (Å²) in [5, 5.41) is 16.0. The first kappa shape index (κ1) is 108. The molecule has 0 aliphatic rings. The number of phosphoric ester groups is 4. The first-order valence-electron chi connectivity index (χ1n) is 29.3. The molecule has 4 heterocycles. The van der Waals surface area contributed by atoms with Crippen molar-refractivity contribution in [2.75, 3.05) is 14.2 Å². The minimum Gasteiger partial charge on any atom is -0.780 e. The van der Waals surface area contributed by atoms with Crippen LogP contribution in [0.25, 0.3) is 0 Å². The first-order valence-corrected chi connectivity index (χ1v) is 36.6. The number of aliphatic hydroxyl groups excluding tert-OH is 2. The van der Waals surface area contributed by atoms with Crippen LogP contribution in [0.1, 0.15) is 203 Å². The molecule has 4 aromatic heterocycles. The molecule has 100 heavy (non-hydrogen) atoms. The van der Waals surface area contributed by atoms with Gasteiger partial charge in [-0.25, -0.2) is 19.9 Å². The summed E-state index contributed by atoms with van der Waals surface area (Å²) >= 11 is 24.0. The van der Waals surface area contributed by atoms with Crippen LogP contribution in [0.4, 0.5) is 0 Å². The number of nitrogens with one attached hydrogen (secondary N) is 4. The molecule has 26 nitrogen and oxygen atoms in total. The Morgan fingerprint density at radius 3 is 0.480 bits per heavy atom. The molecule has 0 spiro atoms. The van der Waals surface area contributed by atoms with Gasteiger partial charge in [-0.1, -0.05) is 157 Å². The molecule has 8 aromatic rings. The zero-order chi connectivity index (χ0) is 74.5. The van der Waals surface area contributed by atoms with Gasteiger partial charge in [0.05, 0.1) is 25.3 Å². The van der Waals surface area contributed by atoms with Gasteiger partial charge in [0.15, 0.2) is 0 Å². The number of hydrogen-bond acceptors (Lipinski definition) is 22. The summed E-state index contributed by atoms with van der Waals surface area (Å²) in [4.78, 5) is 112. The largest absolute Gasteiger partial charge is 2.00 e. The predicted molar refractivity (Wildman–Crippen MR) is 362 cm³/mol. The molecular weight excluding hydrogens is 1670 g/mol. The number of benzene rings is 4. The van der Waals surface area contributed by atoms with Crippen molar-refractivity contribution >= 4 is 77.7 Å². The van der Waals surface area contributed by atoms with Crippen molar-refractivity contribution < 1.29 is 164 Å². The van der Waals surface area contributed by atoms with Crippen LogP contribution in [-0.4, -0.2) is 64.3 Å². The van der Waals surface area contributed by atoms with Gasteiger partial charge in [0.2, 0.25) is 0 Å². The Hall–Kier alpha value is -2.91. The molecule has 540 valence electrons. The number of nitrogens with zero attached hydrogens (tertiary/aromatic N) is 4. The minimum atomic E-state index is -5.08. The van der Waals surface area contributed by atoms with Gasteiger partial charge >= 0.3 is 77.9 Å². The molecule has 0 radical (unpaired) electrons. The molecular formula is C62H88Cl4N8O18P4Zn4. The maximum absolute atomic E-state index is 10.9. The Labute approximate surface area is 658 Å². The van der Waals surface area contributed by atoms with Crippen LogP contribution in [0.3, 0.4) is 0 Å². The van der Waals surface area contributed by atoms with Crippen molar-refractivity contribution in [2.24, 2.45) is 0 Å². The summed E-state index contributed by atoms with van der Waals surface area (Å²) in [5.41, 5.74) is 4.99. The van der Waals surface area contributed by atoms with E-state index in [0.717, 1.165) is 14.2 Å². The van der Waals surface area contributed by atoms with Crippen molar-refractivity contribution in [3.63, 3.8) is 0 Å². The second-order valence-corrected chi connectivity index (χ2v) is 28.1. The number of H-pyrrole nitrogens is 4. The fourth-order valence-corrected chi connectivity index (χ4v) is 10.4. The van der Waals surface area contributed by atoms with Crippen LogP contribution >= 0.6 is 77.7 Å². The van der Waals surface area contributed by atoms with Crippen LogP contribution in [0.2, 0.25) is 20.1 Å². The van der Waals surface area contributed by atoms with E-state index >= 15 is 0 Å². The number of rotatable bonds is 16. The van der Waals surface area contributed by atoms with Crippen molar-refractivity contribution in [1.29, 1.82) is 0 Å². The first-order chi connectivity index (χ1) is 44.5. The van der Waals surface area contributed by atoms with Crippen LogP contribution in [-0.2, 0) is 96.2 Å². The summed E-state index contributed by atoms with van der Waals surface area (Å²) in [7, 11) is -18.3. The minimum absolute atomic E-state index is 0. The zero-order valence-corrected chi connectivity index (χ0v) is 78.0. The van der Waals surface area contributed by atoms with Crippen LogP contribution in [0.15, 0.2) is 123 Å². The van der Waals surface area contributed by atoms with Gasteiger partial charge in [0, 0.05) is 83.9 Å². The van der Waals surface area contributed by atoms with Crippen LogP contribution < -0.4 is 57.2 Å². The maximum atomic E-state index is 10.9. The fourth-order valence-electron chi connectivity index (χ4n) is 7.71. The van der Waals surface area contributed by atoms with E-state index < -0.39 is 31.3 Å². The molecule has 6 N–H and O–H groups in total. The Balaban J connectivity index is -0.000000261.